The lowest BCUT2D eigenvalue weighted by Gasteiger charge is -2.06. The predicted octanol–water partition coefficient (Wildman–Crippen LogP) is 1.12. The molecule has 4 aromatic rings. The number of primary amides is 1. The summed E-state index contributed by atoms with van der Waals surface area (Å²) in [4.78, 5) is 28.6. The van der Waals surface area contributed by atoms with Gasteiger partial charge in [0.05, 0.1) is 5.52 Å². The third kappa shape index (κ3) is 2.65. The molecule has 0 bridgehead atoms. The Morgan fingerprint density at radius 3 is 2.52 bits per heavy atom. The minimum atomic E-state index is -0.618. The van der Waals surface area contributed by atoms with Crippen LogP contribution in [0.2, 0.25) is 0 Å². The molecule has 0 aliphatic heterocycles. The smallest absolute Gasteiger partial charge is 0.352 e. The van der Waals surface area contributed by atoms with Gasteiger partial charge in [-0.1, -0.05) is 42.5 Å². The van der Waals surface area contributed by atoms with Crippen molar-refractivity contribution in [1.29, 1.82) is 0 Å². The fourth-order valence-corrected chi connectivity index (χ4v) is 2.91. The molecule has 0 saturated heterocycles. The average molecular weight is 333 g/mol. The van der Waals surface area contributed by atoms with E-state index in [1.807, 2.05) is 54.6 Å². The highest BCUT2D eigenvalue weighted by molar-refractivity contribution is 5.91. The molecule has 0 spiro atoms. The Balaban J connectivity index is 2.01. The summed E-state index contributed by atoms with van der Waals surface area (Å²) in [5.74, 6) is -0.0481. The van der Waals surface area contributed by atoms with E-state index in [-0.39, 0.29) is 6.54 Å². The molecule has 0 aliphatic rings. The van der Waals surface area contributed by atoms with E-state index in [1.54, 1.807) is 0 Å². The molecule has 2 aromatic carbocycles. The van der Waals surface area contributed by atoms with Gasteiger partial charge in [-0.2, -0.15) is 0 Å². The fraction of sp³-hybridized carbons (Fsp3) is 0.111. The molecule has 2 aromatic heterocycles. The number of amides is 1. The minimum absolute atomic E-state index is 0.264. The maximum absolute atomic E-state index is 12.7. The van der Waals surface area contributed by atoms with E-state index in [4.69, 9.17) is 5.73 Å². The quantitative estimate of drug-likeness (QED) is 0.605. The van der Waals surface area contributed by atoms with Crippen LogP contribution < -0.4 is 11.4 Å². The minimum Gasteiger partial charge on any atom is -0.368 e. The molecule has 0 aliphatic carbocycles. The van der Waals surface area contributed by atoms with E-state index >= 15 is 0 Å². The summed E-state index contributed by atoms with van der Waals surface area (Å²) < 4.78 is 2.54. The summed E-state index contributed by atoms with van der Waals surface area (Å²) in [6.07, 6.45) is 0.477. The van der Waals surface area contributed by atoms with Gasteiger partial charge in [0.15, 0.2) is 5.65 Å². The van der Waals surface area contributed by atoms with Crippen LogP contribution in [0.4, 0.5) is 0 Å². The normalized spacial score (nSPS) is 11.2. The Kier molecular flexibility index (Phi) is 3.53. The van der Waals surface area contributed by atoms with Crippen molar-refractivity contribution in [2.75, 3.05) is 0 Å². The van der Waals surface area contributed by atoms with Crippen molar-refractivity contribution >= 4 is 22.5 Å². The van der Waals surface area contributed by atoms with E-state index in [2.05, 4.69) is 10.1 Å². The lowest BCUT2D eigenvalue weighted by atomic mass is 10.1. The first kappa shape index (κ1) is 15.1. The summed E-state index contributed by atoms with van der Waals surface area (Å²) in [5, 5.41) is 5.06. The molecule has 7 heteroatoms. The second-order valence-corrected chi connectivity index (χ2v) is 5.77. The van der Waals surface area contributed by atoms with E-state index < -0.39 is 11.6 Å². The number of carbonyl (C=O) groups excluding carboxylic acids is 1. The average Bonchev–Trinajstić information content (AvgIpc) is 2.92. The van der Waals surface area contributed by atoms with Crippen molar-refractivity contribution in [2.45, 2.75) is 13.0 Å². The van der Waals surface area contributed by atoms with Gasteiger partial charge in [0.25, 0.3) is 0 Å². The Hall–Kier alpha value is -3.48. The van der Waals surface area contributed by atoms with Gasteiger partial charge in [-0.25, -0.2) is 18.9 Å². The number of carbonyl (C=O) groups is 1. The molecule has 7 nitrogen and oxygen atoms in total. The summed E-state index contributed by atoms with van der Waals surface area (Å²) in [5.41, 5.74) is 7.06. The summed E-state index contributed by atoms with van der Waals surface area (Å²) >= 11 is 0. The van der Waals surface area contributed by atoms with Crippen molar-refractivity contribution in [3.63, 3.8) is 0 Å². The maximum atomic E-state index is 12.7. The summed E-state index contributed by atoms with van der Waals surface area (Å²) in [6.45, 7) is -0.264. The second-order valence-electron chi connectivity index (χ2n) is 5.77. The predicted molar refractivity (Wildman–Crippen MR) is 93.2 cm³/mol. The largest absolute Gasteiger partial charge is 0.368 e. The highest BCUT2D eigenvalue weighted by Gasteiger charge is 2.16. The van der Waals surface area contributed by atoms with Gasteiger partial charge in [0, 0.05) is 11.8 Å². The number of hydrogen-bond donors (Lipinski definition) is 1. The van der Waals surface area contributed by atoms with Gasteiger partial charge in [-0.3, -0.25) is 4.79 Å². The number of nitrogens with two attached hydrogens (primary N) is 1. The molecule has 0 fully saturated rings. The van der Waals surface area contributed by atoms with Crippen LogP contribution in [-0.2, 0) is 17.8 Å². The zero-order valence-corrected chi connectivity index (χ0v) is 13.3. The molecule has 1 amide bonds. The zero-order valence-electron chi connectivity index (χ0n) is 13.3. The molecule has 2 heterocycles. The Bertz CT molecular complexity index is 1140. The van der Waals surface area contributed by atoms with Crippen LogP contribution in [0.15, 0.2) is 59.4 Å². The maximum Gasteiger partial charge on any atom is 0.352 e. The van der Waals surface area contributed by atoms with E-state index in [0.29, 0.717) is 17.9 Å². The molecule has 2 N–H and O–H groups in total. The zero-order chi connectivity index (χ0) is 17.4. The number of fused-ring (bicyclic) bond motifs is 3. The van der Waals surface area contributed by atoms with Crippen LogP contribution in [0.25, 0.3) is 16.6 Å². The molecule has 25 heavy (non-hydrogen) atoms. The topological polar surface area (TPSA) is 95.3 Å². The first-order chi connectivity index (χ1) is 12.1. The fourth-order valence-electron chi connectivity index (χ4n) is 2.91. The molecular weight excluding hydrogens is 318 g/mol. The molecule has 0 radical (unpaired) electrons. The first-order valence-electron chi connectivity index (χ1n) is 7.83. The highest BCUT2D eigenvalue weighted by Crippen LogP contribution is 2.18. The van der Waals surface area contributed by atoms with E-state index in [1.165, 1.54) is 4.40 Å². The van der Waals surface area contributed by atoms with Gasteiger partial charge in [0.2, 0.25) is 5.91 Å². The molecule has 124 valence electrons. The number of benzene rings is 2. The number of para-hydroxylation sites is 1. The van der Waals surface area contributed by atoms with Crippen molar-refractivity contribution in [3.8, 4) is 0 Å². The monoisotopic (exact) mass is 333 g/mol. The lowest BCUT2D eigenvalue weighted by molar-refractivity contribution is -0.118. The standard InChI is InChI=1S/C18H15N5O2/c19-15(24)11-22-18(25)23-16(10-12-6-2-1-3-7-12)20-14-9-5-4-8-13(14)17(23)21-22/h1-9H,10-11H2,(H2,19,24). The SMILES string of the molecule is NC(=O)Cn1nc2c3ccccc3nc(Cc3ccccc3)n2c1=O. The Labute approximate surface area is 142 Å². The molecule has 4 rings (SSSR count). The van der Waals surface area contributed by atoms with Gasteiger partial charge in [0.1, 0.15) is 12.4 Å². The van der Waals surface area contributed by atoms with E-state index in [9.17, 15) is 9.59 Å². The van der Waals surface area contributed by atoms with Crippen molar-refractivity contribution in [2.24, 2.45) is 5.73 Å². The number of hydrogen-bond acceptors (Lipinski definition) is 4. The summed E-state index contributed by atoms with van der Waals surface area (Å²) in [6, 6.07) is 17.2. The molecular formula is C18H15N5O2. The third-order valence-corrected chi connectivity index (χ3v) is 4.00. The number of nitrogens with zero attached hydrogens (tertiary/aromatic N) is 4. The Morgan fingerprint density at radius 2 is 1.76 bits per heavy atom. The van der Waals surface area contributed by atoms with Crippen LogP contribution >= 0.6 is 0 Å². The molecule has 0 atom stereocenters. The summed E-state index contributed by atoms with van der Waals surface area (Å²) in [7, 11) is 0. The van der Waals surface area contributed by atoms with Crippen LogP contribution in [0.1, 0.15) is 11.4 Å². The van der Waals surface area contributed by atoms with E-state index in [0.717, 1.165) is 21.1 Å². The lowest BCUT2D eigenvalue weighted by Crippen LogP contribution is -2.29. The van der Waals surface area contributed by atoms with Crippen LogP contribution in [0.5, 0.6) is 0 Å². The van der Waals surface area contributed by atoms with Gasteiger partial charge < -0.3 is 5.73 Å². The van der Waals surface area contributed by atoms with Gasteiger partial charge in [-0.05, 0) is 17.7 Å². The molecule has 0 unspecified atom stereocenters. The molecule has 0 saturated carbocycles. The van der Waals surface area contributed by atoms with Crippen molar-refractivity contribution in [1.82, 2.24) is 19.2 Å². The van der Waals surface area contributed by atoms with Gasteiger partial charge >= 0.3 is 5.69 Å². The van der Waals surface area contributed by atoms with Crippen LogP contribution in [-0.4, -0.2) is 25.1 Å². The Morgan fingerprint density at radius 1 is 1.04 bits per heavy atom. The van der Waals surface area contributed by atoms with Gasteiger partial charge in [-0.15, -0.1) is 5.10 Å². The van der Waals surface area contributed by atoms with Crippen molar-refractivity contribution in [3.05, 3.63) is 76.5 Å². The van der Waals surface area contributed by atoms with Crippen LogP contribution in [0, 0.1) is 0 Å². The third-order valence-electron chi connectivity index (χ3n) is 4.00. The number of aromatic nitrogens is 4. The van der Waals surface area contributed by atoms with Crippen LogP contribution in [0.3, 0.4) is 0 Å². The number of rotatable bonds is 4. The second kappa shape index (κ2) is 5.86. The first-order valence-corrected chi connectivity index (χ1v) is 7.83. The highest BCUT2D eigenvalue weighted by atomic mass is 16.2. The van der Waals surface area contributed by atoms with Crippen molar-refractivity contribution < 1.29 is 4.79 Å².